The van der Waals surface area contributed by atoms with E-state index in [0.29, 0.717) is 0 Å². The Kier molecular flexibility index (Phi) is 7.69. The summed E-state index contributed by atoms with van der Waals surface area (Å²) in [6.45, 7) is 9.67. The third-order valence-corrected chi connectivity index (χ3v) is 4.15. The Labute approximate surface area is 144 Å². The van der Waals surface area contributed by atoms with Crippen LogP contribution in [0, 0.1) is 5.41 Å². The quantitative estimate of drug-likeness (QED) is 0.405. The lowest BCUT2D eigenvalue weighted by Gasteiger charge is -2.34. The van der Waals surface area contributed by atoms with Crippen LogP contribution in [-0.2, 0) is 19.1 Å². The molecule has 0 heterocycles. The fraction of sp³-hybridized carbons (Fsp3) is 0.500. The molecule has 0 amide bonds. The van der Waals surface area contributed by atoms with Crippen molar-refractivity contribution in [2.75, 3.05) is 13.2 Å². The van der Waals surface area contributed by atoms with Gasteiger partial charge in [0.05, 0.1) is 13.2 Å². The fourth-order valence-electron chi connectivity index (χ4n) is 2.69. The summed E-state index contributed by atoms with van der Waals surface area (Å²) in [4.78, 5) is 25.7. The molecular weight excluding hydrogens is 304 g/mol. The molecule has 0 saturated heterocycles. The van der Waals surface area contributed by atoms with Crippen molar-refractivity contribution in [3.8, 4) is 0 Å². The van der Waals surface area contributed by atoms with Gasteiger partial charge in [0.2, 0.25) is 0 Å². The molecule has 1 rings (SSSR count). The zero-order valence-corrected chi connectivity index (χ0v) is 15.3. The summed E-state index contributed by atoms with van der Waals surface area (Å²) in [5.41, 5.74) is 0.555. The summed E-state index contributed by atoms with van der Waals surface area (Å²) >= 11 is 0. The van der Waals surface area contributed by atoms with Gasteiger partial charge in [0.25, 0.3) is 0 Å². The van der Waals surface area contributed by atoms with Crippen molar-refractivity contribution in [2.45, 2.75) is 47.0 Å². The van der Waals surface area contributed by atoms with Crippen molar-refractivity contribution in [3.63, 3.8) is 0 Å². The van der Waals surface area contributed by atoms with Crippen molar-refractivity contribution in [2.24, 2.45) is 5.41 Å². The lowest BCUT2D eigenvalue weighted by Crippen LogP contribution is -2.46. The molecule has 0 saturated carbocycles. The van der Waals surface area contributed by atoms with Gasteiger partial charge < -0.3 is 9.47 Å². The smallest absolute Gasteiger partial charge is 0.324 e. The van der Waals surface area contributed by atoms with Crippen LogP contribution in [0.3, 0.4) is 0 Å². The highest BCUT2D eigenvalue weighted by molar-refractivity contribution is 6.01. The van der Waals surface area contributed by atoms with Crippen LogP contribution in [0.5, 0.6) is 0 Å². The highest BCUT2D eigenvalue weighted by Gasteiger charge is 2.52. The molecule has 132 valence electrons. The van der Waals surface area contributed by atoms with E-state index in [2.05, 4.69) is 0 Å². The van der Waals surface area contributed by atoms with Gasteiger partial charge in [-0.1, -0.05) is 48.9 Å². The molecule has 0 bridgehead atoms. The third kappa shape index (κ3) is 4.47. The van der Waals surface area contributed by atoms with Crippen LogP contribution in [0.1, 0.15) is 52.5 Å². The Morgan fingerprint density at radius 1 is 1.04 bits per heavy atom. The van der Waals surface area contributed by atoms with Crippen molar-refractivity contribution >= 4 is 11.9 Å². The zero-order chi connectivity index (χ0) is 18.2. The van der Waals surface area contributed by atoms with Gasteiger partial charge in [0.1, 0.15) is 0 Å². The average molecular weight is 332 g/mol. The predicted molar refractivity (Wildman–Crippen MR) is 94.6 cm³/mol. The van der Waals surface area contributed by atoms with E-state index in [1.807, 2.05) is 57.2 Å². The number of rotatable bonds is 8. The van der Waals surface area contributed by atoms with Gasteiger partial charge in [0, 0.05) is 5.92 Å². The van der Waals surface area contributed by atoms with Crippen LogP contribution in [-0.4, -0.2) is 25.2 Å². The molecule has 0 N–H and O–H groups in total. The molecular formula is C20H28O4. The number of esters is 2. The maximum absolute atomic E-state index is 12.9. The van der Waals surface area contributed by atoms with Crippen LogP contribution in [0.2, 0.25) is 0 Å². The van der Waals surface area contributed by atoms with E-state index in [1.165, 1.54) is 0 Å². The van der Waals surface area contributed by atoms with Crippen LogP contribution < -0.4 is 0 Å². The van der Waals surface area contributed by atoms with E-state index in [1.54, 1.807) is 13.8 Å². The molecule has 0 aliphatic carbocycles. The van der Waals surface area contributed by atoms with Gasteiger partial charge >= 0.3 is 11.9 Å². The minimum atomic E-state index is -1.38. The normalized spacial score (nSPS) is 12.2. The number of hydrogen-bond donors (Lipinski definition) is 0. The van der Waals surface area contributed by atoms with E-state index in [9.17, 15) is 9.59 Å². The number of carbonyl (C=O) groups excluding carboxylic acids is 2. The standard InChI is InChI=1S/C20H28O4/c1-6-23-18(21)20(14-13-15(3)4,19(22)24-7-2)16(5)17-11-9-8-10-12-17/h8-13,16H,6-7,14H2,1-5H3/t16-/m1/s1. The van der Waals surface area contributed by atoms with Crippen LogP contribution in [0.15, 0.2) is 42.0 Å². The van der Waals surface area contributed by atoms with Gasteiger partial charge in [-0.05, 0) is 39.7 Å². The van der Waals surface area contributed by atoms with E-state index >= 15 is 0 Å². The number of hydrogen-bond acceptors (Lipinski definition) is 4. The molecule has 24 heavy (non-hydrogen) atoms. The molecule has 0 spiro atoms. The first-order valence-electron chi connectivity index (χ1n) is 8.42. The second-order valence-corrected chi connectivity index (χ2v) is 6.03. The van der Waals surface area contributed by atoms with Crippen LogP contribution >= 0.6 is 0 Å². The largest absolute Gasteiger partial charge is 0.465 e. The number of allylic oxidation sites excluding steroid dienone is 2. The lowest BCUT2D eigenvalue weighted by atomic mass is 9.70. The summed E-state index contributed by atoms with van der Waals surface area (Å²) in [6.07, 6.45) is 2.15. The summed E-state index contributed by atoms with van der Waals surface area (Å²) in [7, 11) is 0. The maximum atomic E-state index is 12.9. The molecule has 0 fully saturated rings. The molecule has 0 unspecified atom stereocenters. The van der Waals surface area contributed by atoms with Crippen molar-refractivity contribution in [1.82, 2.24) is 0 Å². The molecule has 0 aliphatic rings. The molecule has 0 aliphatic heterocycles. The third-order valence-electron chi connectivity index (χ3n) is 4.15. The minimum Gasteiger partial charge on any atom is -0.465 e. The average Bonchev–Trinajstić information content (AvgIpc) is 2.56. The van der Waals surface area contributed by atoms with E-state index < -0.39 is 17.4 Å². The summed E-state index contributed by atoms with van der Waals surface area (Å²) in [6, 6.07) is 9.53. The fourth-order valence-corrected chi connectivity index (χ4v) is 2.69. The topological polar surface area (TPSA) is 52.6 Å². The summed E-state index contributed by atoms with van der Waals surface area (Å²) < 4.78 is 10.6. The first-order valence-corrected chi connectivity index (χ1v) is 8.42. The van der Waals surface area contributed by atoms with Gasteiger partial charge in [-0.3, -0.25) is 9.59 Å². The Bertz CT molecular complexity index is 553. The zero-order valence-electron chi connectivity index (χ0n) is 15.3. The van der Waals surface area contributed by atoms with Gasteiger partial charge in [-0.2, -0.15) is 0 Å². The Morgan fingerprint density at radius 3 is 1.96 bits per heavy atom. The molecule has 1 aromatic carbocycles. The molecule has 4 heteroatoms. The highest BCUT2D eigenvalue weighted by Crippen LogP contribution is 2.42. The van der Waals surface area contributed by atoms with Crippen LogP contribution in [0.25, 0.3) is 0 Å². The maximum Gasteiger partial charge on any atom is 0.324 e. The molecule has 0 aromatic heterocycles. The van der Waals surface area contributed by atoms with Crippen molar-refractivity contribution < 1.29 is 19.1 Å². The molecule has 1 atom stereocenters. The second-order valence-electron chi connectivity index (χ2n) is 6.03. The van der Waals surface area contributed by atoms with E-state index in [0.717, 1.165) is 11.1 Å². The number of benzene rings is 1. The van der Waals surface area contributed by atoms with Gasteiger partial charge in [-0.25, -0.2) is 0 Å². The monoisotopic (exact) mass is 332 g/mol. The molecule has 1 aromatic rings. The summed E-state index contributed by atoms with van der Waals surface area (Å²) in [5, 5.41) is 0. The van der Waals surface area contributed by atoms with Gasteiger partial charge in [0.15, 0.2) is 5.41 Å². The summed E-state index contributed by atoms with van der Waals surface area (Å²) in [5.74, 6) is -1.43. The second kappa shape index (κ2) is 9.26. The predicted octanol–water partition coefficient (Wildman–Crippen LogP) is 4.26. The van der Waals surface area contributed by atoms with Crippen LogP contribution in [0.4, 0.5) is 0 Å². The lowest BCUT2D eigenvalue weighted by molar-refractivity contribution is -0.173. The van der Waals surface area contributed by atoms with E-state index in [-0.39, 0.29) is 25.6 Å². The van der Waals surface area contributed by atoms with Crippen molar-refractivity contribution in [3.05, 3.63) is 47.5 Å². The van der Waals surface area contributed by atoms with Gasteiger partial charge in [-0.15, -0.1) is 0 Å². The SMILES string of the molecule is CCOC(=O)C(CC=C(C)C)(C(=O)OCC)[C@H](C)c1ccccc1. The van der Waals surface area contributed by atoms with Crippen molar-refractivity contribution in [1.29, 1.82) is 0 Å². The Balaban J connectivity index is 3.45. The number of carbonyl (C=O) groups is 2. The molecule has 0 radical (unpaired) electrons. The minimum absolute atomic E-state index is 0.219. The Morgan fingerprint density at radius 2 is 1.54 bits per heavy atom. The number of ether oxygens (including phenoxy) is 2. The van der Waals surface area contributed by atoms with E-state index in [4.69, 9.17) is 9.47 Å². The highest BCUT2D eigenvalue weighted by atomic mass is 16.6. The first kappa shape index (κ1) is 19.9. The Hall–Kier alpha value is -2.10. The molecule has 4 nitrogen and oxygen atoms in total. The first-order chi connectivity index (χ1) is 11.4.